The van der Waals surface area contributed by atoms with Gasteiger partial charge in [-0.25, -0.2) is 0 Å². The second-order valence-corrected chi connectivity index (χ2v) is 8.35. The third-order valence-corrected chi connectivity index (χ3v) is 6.00. The van der Waals surface area contributed by atoms with Crippen LogP contribution < -0.4 is 4.74 Å². The fourth-order valence-electron chi connectivity index (χ4n) is 4.43. The summed E-state index contributed by atoms with van der Waals surface area (Å²) in [6.07, 6.45) is -13.3. The van der Waals surface area contributed by atoms with Gasteiger partial charge < -0.3 is 9.47 Å². The van der Waals surface area contributed by atoms with E-state index < -0.39 is 58.5 Å². The first-order valence-corrected chi connectivity index (χ1v) is 10.3. The lowest BCUT2D eigenvalue weighted by Crippen LogP contribution is -2.38. The molecule has 0 spiro atoms. The first-order valence-electron chi connectivity index (χ1n) is 10.3. The third kappa shape index (κ3) is 5.26. The number of rotatable bonds is 6. The quantitative estimate of drug-likeness (QED) is 0.321. The van der Waals surface area contributed by atoms with Crippen molar-refractivity contribution in [1.29, 1.82) is 0 Å². The summed E-state index contributed by atoms with van der Waals surface area (Å²) in [6.45, 7) is 2.84. The Hall–Kier alpha value is -1.58. The molecule has 1 aliphatic heterocycles. The van der Waals surface area contributed by atoms with Crippen LogP contribution in [-0.4, -0.2) is 12.7 Å². The molecule has 2 nitrogen and oxygen atoms in total. The lowest BCUT2D eigenvalue weighted by atomic mass is 9.79. The van der Waals surface area contributed by atoms with Gasteiger partial charge in [-0.2, -0.15) is 35.1 Å². The van der Waals surface area contributed by atoms with E-state index in [-0.39, 0.29) is 25.4 Å². The number of aryl methyl sites for hydroxylation is 1. The number of halogens is 8. The Morgan fingerprint density at radius 2 is 1.48 bits per heavy atom. The van der Waals surface area contributed by atoms with E-state index in [4.69, 9.17) is 4.74 Å². The zero-order valence-electron chi connectivity index (χ0n) is 17.1. The van der Waals surface area contributed by atoms with Crippen molar-refractivity contribution in [3.63, 3.8) is 0 Å². The molecule has 1 aromatic rings. The van der Waals surface area contributed by atoms with Gasteiger partial charge in [-0.05, 0) is 55.7 Å². The summed E-state index contributed by atoms with van der Waals surface area (Å²) in [6, 6.07) is 0.805. The van der Waals surface area contributed by atoms with E-state index >= 15 is 0 Å². The molecule has 1 saturated carbocycles. The zero-order chi connectivity index (χ0) is 23.2. The largest absolute Gasteiger partial charge is 0.431 e. The highest BCUT2D eigenvalue weighted by atomic mass is 19.4. The molecule has 1 atom stereocenters. The monoisotopic (exact) mass is 460 g/mol. The van der Waals surface area contributed by atoms with Crippen LogP contribution in [0.25, 0.3) is 0 Å². The predicted molar refractivity (Wildman–Crippen MR) is 95.8 cm³/mol. The Bertz CT molecular complexity index is 788. The van der Waals surface area contributed by atoms with E-state index in [1.165, 1.54) is 0 Å². The molecular formula is C21H24F8O2. The maximum absolute atomic E-state index is 14.9. The average molecular weight is 460 g/mol. The molecule has 31 heavy (non-hydrogen) atoms. The van der Waals surface area contributed by atoms with Gasteiger partial charge in [0.05, 0.1) is 18.1 Å². The Morgan fingerprint density at radius 3 is 1.94 bits per heavy atom. The van der Waals surface area contributed by atoms with Gasteiger partial charge in [-0.1, -0.05) is 19.8 Å². The second-order valence-electron chi connectivity index (χ2n) is 8.35. The van der Waals surface area contributed by atoms with Crippen molar-refractivity contribution < 1.29 is 44.6 Å². The maximum Gasteiger partial charge on any atom is 0.420 e. The summed E-state index contributed by atoms with van der Waals surface area (Å²) >= 11 is 0. The molecular weight excluding hydrogens is 436 g/mol. The van der Waals surface area contributed by atoms with Gasteiger partial charge in [0.1, 0.15) is 17.4 Å². The van der Waals surface area contributed by atoms with E-state index in [9.17, 15) is 35.1 Å². The minimum atomic E-state index is -5.55. The SMILES string of the molecule is CCCC1CCC(C(F)(F)Oc2c(C)cc(C3CO3)c(C(F)(F)F)c2C(F)(F)F)CC1. The van der Waals surface area contributed by atoms with E-state index in [0.29, 0.717) is 12.8 Å². The van der Waals surface area contributed by atoms with E-state index in [2.05, 4.69) is 4.74 Å². The summed E-state index contributed by atoms with van der Waals surface area (Å²) in [5, 5.41) is 0. The topological polar surface area (TPSA) is 21.8 Å². The fraction of sp³-hybridized carbons (Fsp3) is 0.714. The predicted octanol–water partition coefficient (Wildman–Crippen LogP) is 7.68. The van der Waals surface area contributed by atoms with Crippen LogP contribution in [0.5, 0.6) is 5.75 Å². The second kappa shape index (κ2) is 8.41. The lowest BCUT2D eigenvalue weighted by Gasteiger charge is -2.34. The van der Waals surface area contributed by atoms with E-state index in [0.717, 1.165) is 25.8 Å². The number of ether oxygens (including phenoxy) is 2. The molecule has 0 radical (unpaired) electrons. The first kappa shape index (κ1) is 24.1. The van der Waals surface area contributed by atoms with Crippen molar-refractivity contribution in [2.75, 3.05) is 6.61 Å². The van der Waals surface area contributed by atoms with Gasteiger partial charge in [0.15, 0.2) is 0 Å². The van der Waals surface area contributed by atoms with Gasteiger partial charge in [0, 0.05) is 0 Å². The normalized spacial score (nSPS) is 24.9. The van der Waals surface area contributed by atoms with Crippen LogP contribution in [0.15, 0.2) is 6.07 Å². The number of benzene rings is 1. The minimum Gasteiger partial charge on any atom is -0.431 e. The van der Waals surface area contributed by atoms with Crippen LogP contribution in [0.4, 0.5) is 35.1 Å². The number of epoxide rings is 1. The van der Waals surface area contributed by atoms with Crippen LogP contribution >= 0.6 is 0 Å². The Balaban J connectivity index is 2.01. The Morgan fingerprint density at radius 1 is 0.935 bits per heavy atom. The molecule has 0 N–H and O–H groups in total. The summed E-state index contributed by atoms with van der Waals surface area (Å²) < 4.78 is 121. The number of alkyl halides is 8. The molecule has 176 valence electrons. The van der Waals surface area contributed by atoms with Crippen LogP contribution in [0.2, 0.25) is 0 Å². The van der Waals surface area contributed by atoms with Gasteiger partial charge >= 0.3 is 18.5 Å². The van der Waals surface area contributed by atoms with Gasteiger partial charge in [-0.15, -0.1) is 0 Å². The molecule has 2 fully saturated rings. The van der Waals surface area contributed by atoms with Crippen molar-refractivity contribution >= 4 is 0 Å². The van der Waals surface area contributed by atoms with Crippen molar-refractivity contribution in [2.24, 2.45) is 11.8 Å². The Kier molecular flexibility index (Phi) is 6.53. The first-order chi connectivity index (χ1) is 14.3. The molecule has 3 rings (SSSR count). The Labute approximate surface area is 174 Å². The molecule has 1 saturated heterocycles. The molecule has 1 heterocycles. The minimum absolute atomic E-state index is 0.0399. The third-order valence-electron chi connectivity index (χ3n) is 6.00. The smallest absolute Gasteiger partial charge is 0.420 e. The summed E-state index contributed by atoms with van der Waals surface area (Å²) in [7, 11) is 0. The summed E-state index contributed by atoms with van der Waals surface area (Å²) in [4.78, 5) is 0. The molecule has 2 aliphatic rings. The molecule has 0 aromatic heterocycles. The highest BCUT2D eigenvalue weighted by Crippen LogP contribution is 2.53. The van der Waals surface area contributed by atoms with Gasteiger partial charge in [0.2, 0.25) is 0 Å². The van der Waals surface area contributed by atoms with E-state index in [1.54, 1.807) is 0 Å². The highest BCUT2D eigenvalue weighted by Gasteiger charge is 2.52. The molecule has 1 aromatic carbocycles. The van der Waals surface area contributed by atoms with Gasteiger partial charge in [0.25, 0.3) is 0 Å². The van der Waals surface area contributed by atoms with Crippen molar-refractivity contribution in [3.8, 4) is 5.75 Å². The van der Waals surface area contributed by atoms with Crippen LogP contribution in [-0.2, 0) is 17.1 Å². The lowest BCUT2D eigenvalue weighted by molar-refractivity contribution is -0.227. The molecule has 10 heteroatoms. The molecule has 1 aliphatic carbocycles. The number of hydrogen-bond donors (Lipinski definition) is 0. The van der Waals surface area contributed by atoms with Crippen molar-refractivity contribution in [2.45, 2.75) is 76.9 Å². The molecule has 0 bridgehead atoms. The maximum atomic E-state index is 14.9. The van der Waals surface area contributed by atoms with E-state index in [1.807, 2.05) is 6.92 Å². The van der Waals surface area contributed by atoms with Crippen molar-refractivity contribution in [3.05, 3.63) is 28.3 Å². The standard InChI is InChI=1S/C21H24F8O2/c1-3-4-12-5-7-13(8-6-12)21(28,29)31-18-11(2)9-14(15-10-30-15)16(19(22,23)24)17(18)20(25,26)27/h9,12-13,15H,3-8,10H2,1-2H3. The van der Waals surface area contributed by atoms with Crippen LogP contribution in [0.1, 0.15) is 73.8 Å². The fourth-order valence-corrected chi connectivity index (χ4v) is 4.43. The molecule has 0 amide bonds. The summed E-state index contributed by atoms with van der Waals surface area (Å²) in [5.41, 5.74) is -5.39. The van der Waals surface area contributed by atoms with Gasteiger partial charge in [-0.3, -0.25) is 0 Å². The number of hydrogen-bond acceptors (Lipinski definition) is 2. The molecule has 1 unspecified atom stereocenters. The summed E-state index contributed by atoms with van der Waals surface area (Å²) in [5.74, 6) is -2.56. The van der Waals surface area contributed by atoms with Crippen LogP contribution in [0, 0.1) is 18.8 Å². The average Bonchev–Trinajstić information content (AvgIpc) is 3.46. The zero-order valence-corrected chi connectivity index (χ0v) is 17.1. The van der Waals surface area contributed by atoms with Crippen LogP contribution in [0.3, 0.4) is 0 Å². The highest BCUT2D eigenvalue weighted by molar-refractivity contribution is 5.54. The van der Waals surface area contributed by atoms with Crippen molar-refractivity contribution in [1.82, 2.24) is 0 Å².